The van der Waals surface area contributed by atoms with E-state index < -0.39 is 11.6 Å². The minimum absolute atomic E-state index is 0.137. The summed E-state index contributed by atoms with van der Waals surface area (Å²) in [4.78, 5) is 16.1. The topological polar surface area (TPSA) is 47.6 Å². The van der Waals surface area contributed by atoms with Gasteiger partial charge in [-0.2, -0.15) is 0 Å². The molecule has 1 fully saturated rings. The molecule has 1 saturated heterocycles. The highest BCUT2D eigenvalue weighted by molar-refractivity contribution is 5.92. The van der Waals surface area contributed by atoms with Gasteiger partial charge in [0.1, 0.15) is 11.6 Å². The summed E-state index contributed by atoms with van der Waals surface area (Å²) in [5, 5.41) is 5.80. The molecule has 0 saturated carbocycles. The molecule has 0 unspecified atom stereocenters. The third kappa shape index (κ3) is 5.67. The molecule has 5 nitrogen and oxygen atoms in total. The maximum atomic E-state index is 13.1. The summed E-state index contributed by atoms with van der Waals surface area (Å²) < 4.78 is 26.1. The number of piperazine rings is 1. The fourth-order valence-electron chi connectivity index (χ4n) is 2.40. The summed E-state index contributed by atoms with van der Waals surface area (Å²) >= 11 is 0. The van der Waals surface area contributed by atoms with Crippen LogP contribution in [0.15, 0.2) is 18.2 Å². The second kappa shape index (κ2) is 8.17. The van der Waals surface area contributed by atoms with E-state index in [4.69, 9.17) is 0 Å². The monoisotopic (exact) mass is 312 g/mol. The van der Waals surface area contributed by atoms with Crippen LogP contribution in [0.2, 0.25) is 0 Å². The summed E-state index contributed by atoms with van der Waals surface area (Å²) in [6, 6.07) is 2.97. The first-order chi connectivity index (χ1) is 10.5. The number of anilines is 1. The number of likely N-dealkylation sites (N-methyl/N-ethyl adjacent to an activating group) is 1. The van der Waals surface area contributed by atoms with Gasteiger partial charge in [-0.1, -0.05) is 0 Å². The van der Waals surface area contributed by atoms with Crippen molar-refractivity contribution in [1.29, 1.82) is 0 Å². The van der Waals surface area contributed by atoms with Gasteiger partial charge < -0.3 is 10.6 Å². The molecule has 2 N–H and O–H groups in total. The Kier molecular flexibility index (Phi) is 6.23. The van der Waals surface area contributed by atoms with Crippen LogP contribution in [0.5, 0.6) is 0 Å². The van der Waals surface area contributed by atoms with Gasteiger partial charge in [0.25, 0.3) is 0 Å². The largest absolute Gasteiger partial charge is 0.325 e. The first-order valence-electron chi connectivity index (χ1n) is 7.40. The highest BCUT2D eigenvalue weighted by Gasteiger charge is 2.12. The Morgan fingerprint density at radius 2 is 1.91 bits per heavy atom. The van der Waals surface area contributed by atoms with Crippen LogP contribution in [0, 0.1) is 11.6 Å². The van der Waals surface area contributed by atoms with Crippen LogP contribution in [-0.2, 0) is 4.79 Å². The van der Waals surface area contributed by atoms with Crippen LogP contribution >= 0.6 is 0 Å². The molecule has 0 spiro atoms. The van der Waals surface area contributed by atoms with E-state index in [2.05, 4.69) is 15.5 Å². The Balaban J connectivity index is 1.73. The highest BCUT2D eigenvalue weighted by Crippen LogP contribution is 2.12. The van der Waals surface area contributed by atoms with Crippen molar-refractivity contribution in [1.82, 2.24) is 15.1 Å². The molecule has 1 aromatic carbocycles. The van der Waals surface area contributed by atoms with Crippen LogP contribution in [0.1, 0.15) is 0 Å². The molecule has 1 aliphatic heterocycles. The minimum atomic E-state index is -0.706. The zero-order valence-electron chi connectivity index (χ0n) is 12.7. The Bertz CT molecular complexity index is 486. The SMILES string of the molecule is CN(CCN1CCNCC1)CC(=O)Nc1cc(F)cc(F)c1. The van der Waals surface area contributed by atoms with E-state index in [1.807, 2.05) is 11.9 Å². The number of carbonyl (C=O) groups excluding carboxylic acids is 1. The van der Waals surface area contributed by atoms with Gasteiger partial charge in [0.15, 0.2) is 0 Å². The van der Waals surface area contributed by atoms with Gasteiger partial charge in [-0.25, -0.2) is 8.78 Å². The number of hydrogen-bond donors (Lipinski definition) is 2. The first kappa shape index (κ1) is 16.8. The third-order valence-electron chi connectivity index (χ3n) is 3.57. The second-order valence-corrected chi connectivity index (χ2v) is 5.54. The molecule has 2 rings (SSSR count). The Labute approximate surface area is 129 Å². The van der Waals surface area contributed by atoms with E-state index in [-0.39, 0.29) is 18.1 Å². The molecule has 0 bridgehead atoms. The average molecular weight is 312 g/mol. The number of rotatable bonds is 6. The van der Waals surface area contributed by atoms with E-state index in [1.54, 1.807) is 0 Å². The molecular weight excluding hydrogens is 290 g/mol. The molecule has 1 amide bonds. The third-order valence-corrected chi connectivity index (χ3v) is 3.57. The van der Waals surface area contributed by atoms with Gasteiger partial charge in [0, 0.05) is 51.0 Å². The summed E-state index contributed by atoms with van der Waals surface area (Å²) in [5.41, 5.74) is 0.137. The minimum Gasteiger partial charge on any atom is -0.325 e. The van der Waals surface area contributed by atoms with Gasteiger partial charge in [0.05, 0.1) is 6.54 Å². The first-order valence-corrected chi connectivity index (χ1v) is 7.40. The molecule has 1 heterocycles. The van der Waals surface area contributed by atoms with E-state index in [0.29, 0.717) is 0 Å². The van der Waals surface area contributed by atoms with Crippen molar-refractivity contribution < 1.29 is 13.6 Å². The fourth-order valence-corrected chi connectivity index (χ4v) is 2.40. The standard InChI is InChI=1S/C15H22F2N4O/c1-20(6-7-21-4-2-18-3-5-21)11-15(22)19-14-9-12(16)8-13(17)10-14/h8-10,18H,2-7,11H2,1H3,(H,19,22). The van der Waals surface area contributed by atoms with Crippen molar-refractivity contribution in [3.8, 4) is 0 Å². The van der Waals surface area contributed by atoms with Crippen molar-refractivity contribution in [2.45, 2.75) is 0 Å². The molecule has 22 heavy (non-hydrogen) atoms. The summed E-state index contributed by atoms with van der Waals surface area (Å²) in [6.45, 7) is 5.88. The van der Waals surface area contributed by atoms with E-state index >= 15 is 0 Å². The summed E-state index contributed by atoms with van der Waals surface area (Å²) in [7, 11) is 1.86. The number of halogens is 2. The van der Waals surface area contributed by atoms with Gasteiger partial charge in [-0.05, 0) is 19.2 Å². The summed E-state index contributed by atoms with van der Waals surface area (Å²) in [5.74, 6) is -1.70. The highest BCUT2D eigenvalue weighted by atomic mass is 19.1. The zero-order chi connectivity index (χ0) is 15.9. The van der Waals surface area contributed by atoms with Crippen molar-refractivity contribution in [3.05, 3.63) is 29.8 Å². The molecule has 1 aliphatic rings. The van der Waals surface area contributed by atoms with Crippen molar-refractivity contribution >= 4 is 11.6 Å². The molecule has 122 valence electrons. The van der Waals surface area contributed by atoms with Gasteiger partial charge >= 0.3 is 0 Å². The number of nitrogens with one attached hydrogen (secondary N) is 2. The van der Waals surface area contributed by atoms with Crippen LogP contribution < -0.4 is 10.6 Å². The zero-order valence-corrected chi connectivity index (χ0v) is 12.7. The lowest BCUT2D eigenvalue weighted by Gasteiger charge is -2.28. The Morgan fingerprint density at radius 1 is 1.27 bits per heavy atom. The van der Waals surface area contributed by atoms with Crippen LogP contribution in [0.25, 0.3) is 0 Å². The van der Waals surface area contributed by atoms with Crippen LogP contribution in [-0.4, -0.2) is 68.6 Å². The van der Waals surface area contributed by atoms with Crippen molar-refractivity contribution in [2.24, 2.45) is 0 Å². The smallest absolute Gasteiger partial charge is 0.238 e. The van der Waals surface area contributed by atoms with Gasteiger partial charge in [-0.3, -0.25) is 14.6 Å². The summed E-state index contributed by atoms with van der Waals surface area (Å²) in [6.07, 6.45) is 0. The van der Waals surface area contributed by atoms with E-state index in [0.717, 1.165) is 57.5 Å². The van der Waals surface area contributed by atoms with E-state index in [1.165, 1.54) is 0 Å². The van der Waals surface area contributed by atoms with E-state index in [9.17, 15) is 13.6 Å². The predicted octanol–water partition coefficient (Wildman–Crippen LogP) is 0.740. The molecular formula is C15H22F2N4O. The van der Waals surface area contributed by atoms with Crippen LogP contribution in [0.4, 0.5) is 14.5 Å². The second-order valence-electron chi connectivity index (χ2n) is 5.54. The van der Waals surface area contributed by atoms with Gasteiger partial charge in [-0.15, -0.1) is 0 Å². The molecule has 0 atom stereocenters. The molecule has 0 radical (unpaired) electrons. The lowest BCUT2D eigenvalue weighted by atomic mass is 10.3. The Morgan fingerprint density at radius 3 is 2.55 bits per heavy atom. The lowest BCUT2D eigenvalue weighted by Crippen LogP contribution is -2.46. The lowest BCUT2D eigenvalue weighted by molar-refractivity contribution is -0.117. The normalized spacial score (nSPS) is 16.0. The van der Waals surface area contributed by atoms with Gasteiger partial charge in [0.2, 0.25) is 5.91 Å². The number of amides is 1. The predicted molar refractivity (Wildman–Crippen MR) is 81.8 cm³/mol. The number of hydrogen-bond acceptors (Lipinski definition) is 4. The molecule has 7 heteroatoms. The molecule has 1 aromatic rings. The number of benzene rings is 1. The number of carbonyl (C=O) groups is 1. The molecule has 0 aromatic heterocycles. The Hall–Kier alpha value is -1.57. The molecule has 0 aliphatic carbocycles. The maximum Gasteiger partial charge on any atom is 0.238 e. The maximum absolute atomic E-state index is 13.1. The number of nitrogens with zero attached hydrogens (tertiary/aromatic N) is 2. The fraction of sp³-hybridized carbons (Fsp3) is 0.533. The van der Waals surface area contributed by atoms with Crippen LogP contribution in [0.3, 0.4) is 0 Å². The van der Waals surface area contributed by atoms with Crippen molar-refractivity contribution in [3.63, 3.8) is 0 Å². The van der Waals surface area contributed by atoms with Crippen molar-refractivity contribution in [2.75, 3.05) is 58.2 Å². The average Bonchev–Trinajstić information content (AvgIpc) is 2.45. The quantitative estimate of drug-likeness (QED) is 0.813.